The average molecular weight is 421 g/mol. The summed E-state index contributed by atoms with van der Waals surface area (Å²) in [7, 11) is 1.69. The Morgan fingerprint density at radius 1 is 1.20 bits per heavy atom. The van der Waals surface area contributed by atoms with Crippen LogP contribution in [0, 0.1) is 5.92 Å². The van der Waals surface area contributed by atoms with E-state index in [2.05, 4.69) is 25.3 Å². The quantitative estimate of drug-likeness (QED) is 0.629. The molecule has 3 fully saturated rings. The number of carbonyl (C=O) groups excluding carboxylic acids is 1. The fourth-order valence-electron chi connectivity index (χ4n) is 5.47. The minimum absolute atomic E-state index is 0.287. The van der Waals surface area contributed by atoms with Gasteiger partial charge in [-0.1, -0.05) is 25.7 Å². The molecule has 168 valence electrons. The predicted molar refractivity (Wildman–Crippen MR) is 111 cm³/mol. The van der Waals surface area contributed by atoms with Crippen LogP contribution in [0.3, 0.4) is 0 Å². The molecule has 1 unspecified atom stereocenters. The summed E-state index contributed by atoms with van der Waals surface area (Å²) >= 11 is 0. The van der Waals surface area contributed by atoms with E-state index in [4.69, 9.17) is 9.47 Å². The number of hydrogen-bond acceptors (Lipinski definition) is 7. The molecule has 4 rings (SSSR count). The van der Waals surface area contributed by atoms with Crippen molar-refractivity contribution in [2.45, 2.75) is 63.5 Å². The molecule has 9 heteroatoms. The first kappa shape index (κ1) is 21.6. The Labute approximate surface area is 179 Å². The van der Waals surface area contributed by atoms with Crippen LogP contribution in [-0.2, 0) is 26.4 Å². The highest BCUT2D eigenvalue weighted by Crippen LogP contribution is 2.37. The van der Waals surface area contributed by atoms with Gasteiger partial charge in [-0.3, -0.25) is 9.69 Å². The molecule has 0 spiro atoms. The van der Waals surface area contributed by atoms with Crippen molar-refractivity contribution in [1.82, 2.24) is 30.0 Å². The van der Waals surface area contributed by atoms with Gasteiger partial charge in [0.1, 0.15) is 5.54 Å². The summed E-state index contributed by atoms with van der Waals surface area (Å²) in [5.41, 5.74) is -0.359. The molecule has 0 N–H and O–H groups in total. The monoisotopic (exact) mass is 420 g/mol. The molecule has 30 heavy (non-hydrogen) atoms. The molecule has 2 saturated heterocycles. The molecule has 0 bridgehead atoms. The van der Waals surface area contributed by atoms with Crippen LogP contribution in [0.15, 0.2) is 0 Å². The molecular formula is C21H36N6O3. The van der Waals surface area contributed by atoms with E-state index >= 15 is 0 Å². The molecule has 1 aliphatic carbocycles. The molecular weight excluding hydrogens is 384 g/mol. The molecule has 0 radical (unpaired) electrons. The first-order valence-electron chi connectivity index (χ1n) is 11.6. The van der Waals surface area contributed by atoms with Gasteiger partial charge in [-0.25, -0.2) is 4.68 Å². The van der Waals surface area contributed by atoms with E-state index in [0.717, 1.165) is 50.6 Å². The topological polar surface area (TPSA) is 85.6 Å². The van der Waals surface area contributed by atoms with Crippen molar-refractivity contribution >= 4 is 5.91 Å². The lowest BCUT2D eigenvalue weighted by molar-refractivity contribution is -0.138. The van der Waals surface area contributed by atoms with Crippen molar-refractivity contribution in [3.05, 3.63) is 5.82 Å². The van der Waals surface area contributed by atoms with E-state index < -0.39 is 0 Å². The smallest absolute Gasteiger partial charge is 0.222 e. The highest BCUT2D eigenvalue weighted by atomic mass is 16.5. The maximum atomic E-state index is 13.2. The minimum atomic E-state index is -0.359. The number of methoxy groups -OCH3 is 1. The molecule has 1 saturated carbocycles. The van der Waals surface area contributed by atoms with Gasteiger partial charge in [-0.2, -0.15) is 0 Å². The lowest BCUT2D eigenvalue weighted by atomic mass is 9.85. The van der Waals surface area contributed by atoms with Crippen LogP contribution in [0.4, 0.5) is 0 Å². The highest BCUT2D eigenvalue weighted by molar-refractivity contribution is 5.76. The largest absolute Gasteiger partial charge is 0.383 e. The Morgan fingerprint density at radius 3 is 2.77 bits per heavy atom. The van der Waals surface area contributed by atoms with Crippen LogP contribution >= 0.6 is 0 Å². The fraction of sp³-hybridized carbons (Fsp3) is 0.905. The molecule has 1 atom stereocenters. The Kier molecular flexibility index (Phi) is 7.32. The van der Waals surface area contributed by atoms with Crippen molar-refractivity contribution in [3.8, 4) is 0 Å². The third-order valence-electron chi connectivity index (χ3n) is 7.14. The maximum absolute atomic E-state index is 13.2. The number of nitrogens with zero attached hydrogens (tertiary/aromatic N) is 6. The van der Waals surface area contributed by atoms with Gasteiger partial charge in [-0.15, -0.1) is 5.10 Å². The standard InChI is InChI=1S/C21H36N6O3/c1-29-14-13-27-20(22-23-24-27)21(26-11-15-30-16-12-26)9-4-10-25(17-21)19(28)8-7-18-5-2-3-6-18/h18H,2-17H2,1H3. The van der Waals surface area contributed by atoms with Crippen LogP contribution in [0.2, 0.25) is 0 Å². The first-order valence-corrected chi connectivity index (χ1v) is 11.6. The average Bonchev–Trinajstić information content (AvgIpc) is 3.49. The Bertz CT molecular complexity index is 686. The number of tetrazole rings is 1. The van der Waals surface area contributed by atoms with E-state index in [0.29, 0.717) is 39.3 Å². The minimum Gasteiger partial charge on any atom is -0.383 e. The number of hydrogen-bond donors (Lipinski definition) is 0. The van der Waals surface area contributed by atoms with Crippen molar-refractivity contribution in [2.75, 3.05) is 53.1 Å². The van der Waals surface area contributed by atoms with Gasteiger partial charge in [0.15, 0.2) is 5.82 Å². The number of likely N-dealkylation sites (tertiary alicyclic amines) is 1. The first-order chi connectivity index (χ1) is 14.7. The number of carbonyl (C=O) groups is 1. The third kappa shape index (κ3) is 4.68. The van der Waals surface area contributed by atoms with Crippen molar-refractivity contribution in [3.63, 3.8) is 0 Å². The van der Waals surface area contributed by atoms with E-state index in [1.807, 2.05) is 4.68 Å². The molecule has 3 heterocycles. The van der Waals surface area contributed by atoms with Crippen LogP contribution in [0.5, 0.6) is 0 Å². The zero-order valence-corrected chi connectivity index (χ0v) is 18.3. The fourth-order valence-corrected chi connectivity index (χ4v) is 5.47. The second-order valence-corrected chi connectivity index (χ2v) is 8.96. The maximum Gasteiger partial charge on any atom is 0.222 e. The number of aromatic nitrogens is 4. The highest BCUT2D eigenvalue weighted by Gasteiger charge is 2.47. The number of rotatable bonds is 8. The predicted octanol–water partition coefficient (Wildman–Crippen LogP) is 1.44. The number of ether oxygens (including phenoxy) is 2. The van der Waals surface area contributed by atoms with E-state index in [1.54, 1.807) is 7.11 Å². The molecule has 0 aromatic carbocycles. The van der Waals surface area contributed by atoms with Crippen LogP contribution in [0.1, 0.15) is 57.2 Å². The van der Waals surface area contributed by atoms with Gasteiger partial charge in [-0.05, 0) is 35.6 Å². The number of amides is 1. The molecule has 3 aliphatic rings. The number of morpholine rings is 1. The SMILES string of the molecule is COCCn1nnnc1C1(N2CCOCC2)CCCN(C(=O)CCC2CCCC2)C1. The van der Waals surface area contributed by atoms with Crippen molar-refractivity contribution in [1.29, 1.82) is 0 Å². The van der Waals surface area contributed by atoms with Crippen molar-refractivity contribution in [2.24, 2.45) is 5.92 Å². The van der Waals surface area contributed by atoms with Gasteiger partial charge < -0.3 is 14.4 Å². The molecule has 1 aromatic rings. The second-order valence-electron chi connectivity index (χ2n) is 8.96. The van der Waals surface area contributed by atoms with Crippen LogP contribution in [0.25, 0.3) is 0 Å². The summed E-state index contributed by atoms with van der Waals surface area (Å²) in [6.07, 6.45) is 8.85. The summed E-state index contributed by atoms with van der Waals surface area (Å²) in [6, 6.07) is 0. The van der Waals surface area contributed by atoms with Crippen molar-refractivity contribution < 1.29 is 14.3 Å². The summed E-state index contributed by atoms with van der Waals surface area (Å²) in [5, 5.41) is 12.7. The molecule has 2 aliphatic heterocycles. The Balaban J connectivity index is 1.53. The molecule has 9 nitrogen and oxygen atoms in total. The van der Waals surface area contributed by atoms with Crippen LogP contribution in [-0.4, -0.2) is 89.0 Å². The second kappa shape index (κ2) is 10.2. The summed E-state index contributed by atoms with van der Waals surface area (Å²) in [5.74, 6) is 1.88. The molecule has 1 aromatic heterocycles. The normalized spacial score (nSPS) is 26.4. The van der Waals surface area contributed by atoms with Gasteiger partial charge in [0, 0.05) is 39.7 Å². The van der Waals surface area contributed by atoms with E-state index in [9.17, 15) is 4.79 Å². The third-order valence-corrected chi connectivity index (χ3v) is 7.14. The summed E-state index contributed by atoms with van der Waals surface area (Å²) in [6.45, 7) is 5.73. The van der Waals surface area contributed by atoms with Gasteiger partial charge in [0.25, 0.3) is 0 Å². The number of piperidine rings is 1. The Morgan fingerprint density at radius 2 is 2.00 bits per heavy atom. The summed E-state index contributed by atoms with van der Waals surface area (Å²) in [4.78, 5) is 17.7. The van der Waals surface area contributed by atoms with Crippen LogP contribution < -0.4 is 0 Å². The molecule has 1 amide bonds. The van der Waals surface area contributed by atoms with E-state index in [1.165, 1.54) is 25.7 Å². The lowest BCUT2D eigenvalue weighted by Gasteiger charge is -2.49. The Hall–Kier alpha value is -1.58. The zero-order valence-electron chi connectivity index (χ0n) is 18.3. The lowest BCUT2D eigenvalue weighted by Crippen LogP contribution is -2.61. The van der Waals surface area contributed by atoms with E-state index in [-0.39, 0.29) is 11.4 Å². The van der Waals surface area contributed by atoms with Gasteiger partial charge >= 0.3 is 0 Å². The summed E-state index contributed by atoms with van der Waals surface area (Å²) < 4.78 is 12.7. The van der Waals surface area contributed by atoms with Gasteiger partial charge in [0.2, 0.25) is 5.91 Å². The zero-order chi connectivity index (χ0) is 20.8. The van der Waals surface area contributed by atoms with Gasteiger partial charge in [0.05, 0.1) is 26.4 Å².